The maximum absolute atomic E-state index is 11.4. The molecule has 6 heteroatoms. The van der Waals surface area contributed by atoms with Gasteiger partial charge in [0.15, 0.2) is 0 Å². The first-order valence-electron chi connectivity index (χ1n) is 7.11. The van der Waals surface area contributed by atoms with Crippen LogP contribution in [-0.2, 0) is 0 Å². The molecule has 0 spiro atoms. The fourth-order valence-corrected chi connectivity index (χ4v) is 4.03. The van der Waals surface area contributed by atoms with Crippen LogP contribution in [0.4, 0.5) is 4.79 Å². The average molecular weight is 491 g/mol. The van der Waals surface area contributed by atoms with Crippen LogP contribution >= 0.6 is 45.5 Å². The quantitative estimate of drug-likeness (QED) is 0.263. The van der Waals surface area contributed by atoms with E-state index in [0.29, 0.717) is 6.04 Å². The molecule has 0 aliphatic carbocycles. The Labute approximate surface area is 143 Å². The van der Waals surface area contributed by atoms with Gasteiger partial charge in [-0.3, -0.25) is 4.79 Å². The van der Waals surface area contributed by atoms with Crippen molar-refractivity contribution in [3.63, 3.8) is 0 Å². The Morgan fingerprint density at radius 3 is 2.26 bits per heavy atom. The molecule has 1 amide bonds. The summed E-state index contributed by atoms with van der Waals surface area (Å²) < 4.78 is 2.58. The molecule has 4 nitrogen and oxygen atoms in total. The summed E-state index contributed by atoms with van der Waals surface area (Å²) in [5.41, 5.74) is 0. The number of hydrogen-bond donors (Lipinski definition) is 0. The van der Waals surface area contributed by atoms with Gasteiger partial charge in [-0.05, 0) is 31.6 Å². The van der Waals surface area contributed by atoms with Crippen LogP contribution in [0.2, 0.25) is 0 Å². The zero-order valence-electron chi connectivity index (χ0n) is 11.5. The van der Waals surface area contributed by atoms with E-state index in [1.807, 2.05) is 34.5 Å². The van der Waals surface area contributed by atoms with E-state index in [-0.39, 0.29) is 3.91 Å². The number of likely N-dealkylation sites (tertiary alicyclic amines) is 1. The summed E-state index contributed by atoms with van der Waals surface area (Å²) in [7, 11) is 1.94. The lowest BCUT2D eigenvalue weighted by atomic mass is 9.95. The van der Waals surface area contributed by atoms with E-state index in [1.165, 1.54) is 32.5 Å². The molecule has 2 rings (SSSR count). The van der Waals surface area contributed by atoms with Crippen molar-refractivity contribution in [1.82, 2.24) is 12.9 Å². The highest BCUT2D eigenvalue weighted by Gasteiger charge is 2.26. The molecule has 2 fully saturated rings. The van der Waals surface area contributed by atoms with Crippen LogP contribution in [0.25, 0.3) is 0 Å². The predicted molar refractivity (Wildman–Crippen MR) is 95.0 cm³/mol. The summed E-state index contributed by atoms with van der Waals surface area (Å²) in [5, 5.41) is 0. The summed E-state index contributed by atoms with van der Waals surface area (Å²) in [4.78, 5) is 15.9. The molecule has 0 bridgehead atoms. The lowest BCUT2D eigenvalue weighted by Gasteiger charge is -2.38. The van der Waals surface area contributed by atoms with E-state index >= 15 is 0 Å². The Morgan fingerprint density at radius 2 is 1.74 bits per heavy atom. The third-order valence-electron chi connectivity index (χ3n) is 4.46. The molecule has 0 N–H and O–H groups in total. The number of carbonyl (C=O) groups is 1. The summed E-state index contributed by atoms with van der Waals surface area (Å²) in [6.07, 6.45) is 4.96. The standard InChI is InChI=1S/C13H23I2N3O/c1-16(13(14)19)12-4-6-17(7-5-12)10-11-2-8-18(15)9-3-11/h11-12H,2-10H2,1H3. The number of halogens is 2. The van der Waals surface area contributed by atoms with E-state index in [2.05, 4.69) is 30.9 Å². The van der Waals surface area contributed by atoms with Gasteiger partial charge in [-0.1, -0.05) is 0 Å². The van der Waals surface area contributed by atoms with Crippen molar-refractivity contribution in [2.45, 2.75) is 31.7 Å². The smallest absolute Gasteiger partial charge is 0.283 e. The Bertz CT molecular complexity index is 300. The largest absolute Gasteiger partial charge is 0.334 e. The third kappa shape index (κ3) is 4.96. The van der Waals surface area contributed by atoms with Gasteiger partial charge >= 0.3 is 0 Å². The van der Waals surface area contributed by atoms with Crippen LogP contribution in [0.3, 0.4) is 0 Å². The number of hydrogen-bond acceptors (Lipinski definition) is 3. The second kappa shape index (κ2) is 7.74. The first-order chi connectivity index (χ1) is 9.06. The molecule has 2 aliphatic rings. The van der Waals surface area contributed by atoms with Gasteiger partial charge in [-0.15, -0.1) is 0 Å². The fourth-order valence-electron chi connectivity index (χ4n) is 3.08. The molecule has 110 valence electrons. The van der Waals surface area contributed by atoms with Crippen LogP contribution in [0.15, 0.2) is 0 Å². The minimum Gasteiger partial charge on any atom is -0.334 e. The van der Waals surface area contributed by atoms with Crippen molar-refractivity contribution in [1.29, 1.82) is 0 Å². The van der Waals surface area contributed by atoms with Crippen molar-refractivity contribution in [2.24, 2.45) is 5.92 Å². The van der Waals surface area contributed by atoms with Crippen LogP contribution in [0, 0.1) is 5.92 Å². The normalized spacial score (nSPS) is 24.6. The molecule has 2 saturated heterocycles. The molecule has 0 aromatic rings. The number of rotatable bonds is 3. The van der Waals surface area contributed by atoms with Crippen molar-refractivity contribution >= 4 is 49.4 Å². The fraction of sp³-hybridized carbons (Fsp3) is 0.923. The van der Waals surface area contributed by atoms with Crippen LogP contribution in [0.5, 0.6) is 0 Å². The van der Waals surface area contributed by atoms with E-state index < -0.39 is 0 Å². The molecule has 2 heterocycles. The molecule has 0 aromatic carbocycles. The van der Waals surface area contributed by atoms with Gasteiger partial charge in [-0.25, -0.2) is 3.11 Å². The van der Waals surface area contributed by atoms with Gasteiger partial charge in [0, 0.05) is 91.3 Å². The van der Waals surface area contributed by atoms with Crippen LogP contribution in [0.1, 0.15) is 25.7 Å². The summed E-state index contributed by atoms with van der Waals surface area (Å²) in [5.74, 6) is 0.881. The highest BCUT2D eigenvalue weighted by molar-refractivity contribution is 14.1. The minimum atomic E-state index is 0.172. The zero-order chi connectivity index (χ0) is 13.8. The first-order valence-corrected chi connectivity index (χ1v) is 9.16. The van der Waals surface area contributed by atoms with Crippen molar-refractivity contribution in [3.05, 3.63) is 0 Å². The number of carbonyl (C=O) groups excluding carboxylic acids is 1. The third-order valence-corrected chi connectivity index (χ3v) is 6.18. The molecular formula is C13H23I2N3O. The summed E-state index contributed by atoms with van der Waals surface area (Å²) in [6.45, 7) is 6.06. The molecule has 19 heavy (non-hydrogen) atoms. The Morgan fingerprint density at radius 1 is 1.16 bits per heavy atom. The Hall–Kier alpha value is 0.850. The number of amides is 1. The monoisotopic (exact) mass is 491 g/mol. The maximum atomic E-state index is 11.4. The molecule has 0 saturated carbocycles. The van der Waals surface area contributed by atoms with Gasteiger partial charge < -0.3 is 9.80 Å². The summed E-state index contributed by atoms with van der Waals surface area (Å²) >= 11 is 4.33. The van der Waals surface area contributed by atoms with Gasteiger partial charge in [-0.2, -0.15) is 0 Å². The second-order valence-electron chi connectivity index (χ2n) is 5.75. The topological polar surface area (TPSA) is 26.8 Å². The second-order valence-corrected chi connectivity index (χ2v) is 8.04. The number of nitrogens with zero attached hydrogens (tertiary/aromatic N) is 3. The van der Waals surface area contributed by atoms with Crippen molar-refractivity contribution in [3.8, 4) is 0 Å². The Balaban J connectivity index is 1.70. The lowest BCUT2D eigenvalue weighted by Crippen LogP contribution is -2.46. The molecule has 0 radical (unpaired) electrons. The van der Waals surface area contributed by atoms with Crippen LogP contribution < -0.4 is 0 Å². The highest BCUT2D eigenvalue weighted by Crippen LogP contribution is 2.23. The van der Waals surface area contributed by atoms with Gasteiger partial charge in [0.2, 0.25) is 0 Å². The molecular weight excluding hydrogens is 468 g/mol. The number of piperidine rings is 2. The lowest BCUT2D eigenvalue weighted by molar-refractivity contribution is 0.123. The molecule has 0 aromatic heterocycles. The summed E-state index contributed by atoms with van der Waals surface area (Å²) in [6, 6.07) is 0.455. The van der Waals surface area contributed by atoms with E-state index in [0.717, 1.165) is 31.8 Å². The van der Waals surface area contributed by atoms with E-state index in [1.54, 1.807) is 0 Å². The maximum Gasteiger partial charge on any atom is 0.283 e. The van der Waals surface area contributed by atoms with Gasteiger partial charge in [0.25, 0.3) is 3.91 Å². The molecule has 0 atom stereocenters. The van der Waals surface area contributed by atoms with Crippen molar-refractivity contribution < 1.29 is 4.79 Å². The molecule has 2 aliphatic heterocycles. The average Bonchev–Trinajstić information content (AvgIpc) is 2.41. The first kappa shape index (κ1) is 16.2. The predicted octanol–water partition coefficient (Wildman–Crippen LogP) is 3.00. The highest BCUT2D eigenvalue weighted by atomic mass is 127. The van der Waals surface area contributed by atoms with E-state index in [4.69, 9.17) is 0 Å². The van der Waals surface area contributed by atoms with Crippen molar-refractivity contribution in [2.75, 3.05) is 39.8 Å². The van der Waals surface area contributed by atoms with Crippen LogP contribution in [-0.4, -0.2) is 62.6 Å². The molecule has 0 unspecified atom stereocenters. The van der Waals surface area contributed by atoms with Gasteiger partial charge in [0.1, 0.15) is 0 Å². The minimum absolute atomic E-state index is 0.172. The van der Waals surface area contributed by atoms with E-state index in [9.17, 15) is 4.79 Å². The SMILES string of the molecule is CN(C(=O)I)C1CCN(CC2CCN(I)CC2)CC1. The van der Waals surface area contributed by atoms with Gasteiger partial charge in [0.05, 0.1) is 0 Å². The zero-order valence-corrected chi connectivity index (χ0v) is 15.8. The Kier molecular flexibility index (Phi) is 6.61.